The number of rotatable bonds is 3. The molecule has 2 aliphatic rings. The Kier molecular flexibility index (Phi) is 2.72. The number of hydrogen-bond donors (Lipinski definition) is 0. The van der Waals surface area contributed by atoms with Crippen molar-refractivity contribution in [2.24, 2.45) is 0 Å². The van der Waals surface area contributed by atoms with Crippen molar-refractivity contribution in [3.05, 3.63) is 0 Å². The van der Waals surface area contributed by atoms with Crippen molar-refractivity contribution in [2.75, 3.05) is 26.4 Å². The highest BCUT2D eigenvalue weighted by molar-refractivity contribution is 7.41. The van der Waals surface area contributed by atoms with Crippen molar-refractivity contribution in [3.63, 3.8) is 0 Å². The van der Waals surface area contributed by atoms with Gasteiger partial charge in [-0.15, -0.1) is 0 Å². The van der Waals surface area contributed by atoms with E-state index in [-0.39, 0.29) is 0 Å². The third kappa shape index (κ3) is 2.65. The Labute approximate surface area is 66.8 Å². The van der Waals surface area contributed by atoms with E-state index < -0.39 is 8.60 Å². The highest BCUT2D eigenvalue weighted by atomic mass is 31.2. The van der Waals surface area contributed by atoms with E-state index in [1.165, 1.54) is 0 Å². The summed E-state index contributed by atoms with van der Waals surface area (Å²) < 4.78 is 20.7. The minimum absolute atomic E-state index is 0.298. The van der Waals surface area contributed by atoms with Crippen LogP contribution in [0, 0.1) is 0 Å². The summed E-state index contributed by atoms with van der Waals surface area (Å²) in [5.74, 6) is 0. The molecule has 0 aliphatic carbocycles. The van der Waals surface area contributed by atoms with Crippen LogP contribution in [0.4, 0.5) is 0 Å². The lowest BCUT2D eigenvalue weighted by molar-refractivity contribution is 0.110. The van der Waals surface area contributed by atoms with Crippen molar-refractivity contribution in [1.29, 1.82) is 0 Å². The van der Waals surface area contributed by atoms with Gasteiger partial charge < -0.3 is 18.3 Å². The van der Waals surface area contributed by atoms with Crippen LogP contribution in [0.5, 0.6) is 0 Å². The van der Waals surface area contributed by atoms with E-state index in [2.05, 4.69) is 0 Å². The highest BCUT2D eigenvalue weighted by Crippen LogP contribution is 2.42. The first-order valence-electron chi connectivity index (χ1n) is 3.75. The zero-order valence-corrected chi connectivity index (χ0v) is 7.09. The average Bonchev–Trinajstić information content (AvgIpc) is 2.86. The quantitative estimate of drug-likeness (QED) is 0.478. The van der Waals surface area contributed by atoms with E-state index in [0.29, 0.717) is 12.7 Å². The molecule has 0 bridgehead atoms. The molecular formula is C6H11O4P. The average molecular weight is 178 g/mol. The maximum atomic E-state index is 5.30. The number of hydrogen-bond acceptors (Lipinski definition) is 4. The third-order valence-corrected chi connectivity index (χ3v) is 2.60. The van der Waals surface area contributed by atoms with Gasteiger partial charge in [-0.05, 0) is 6.42 Å². The van der Waals surface area contributed by atoms with E-state index in [1.54, 1.807) is 0 Å². The molecular weight excluding hydrogens is 167 g/mol. The smallest absolute Gasteiger partial charge is 0.332 e. The van der Waals surface area contributed by atoms with Crippen LogP contribution in [0.2, 0.25) is 0 Å². The van der Waals surface area contributed by atoms with E-state index in [9.17, 15) is 0 Å². The van der Waals surface area contributed by atoms with E-state index in [4.69, 9.17) is 18.3 Å². The van der Waals surface area contributed by atoms with Gasteiger partial charge in [0.05, 0.1) is 26.4 Å². The molecule has 2 rings (SSSR count). The van der Waals surface area contributed by atoms with Gasteiger partial charge in [-0.25, -0.2) is 0 Å². The first kappa shape index (κ1) is 7.90. The normalized spacial score (nSPS) is 32.2. The molecule has 1 atom stereocenters. The predicted molar refractivity (Wildman–Crippen MR) is 39.1 cm³/mol. The van der Waals surface area contributed by atoms with E-state index in [1.807, 2.05) is 0 Å². The van der Waals surface area contributed by atoms with Gasteiger partial charge in [0, 0.05) is 0 Å². The fourth-order valence-corrected chi connectivity index (χ4v) is 1.83. The lowest BCUT2D eigenvalue weighted by Crippen LogP contribution is -2.08. The number of ether oxygens (including phenoxy) is 1. The molecule has 11 heavy (non-hydrogen) atoms. The summed E-state index contributed by atoms with van der Waals surface area (Å²) in [6.07, 6.45) is 1.27. The molecule has 0 saturated carbocycles. The number of epoxide rings is 1. The summed E-state index contributed by atoms with van der Waals surface area (Å²) in [5, 5.41) is 0. The predicted octanol–water partition coefficient (Wildman–Crippen LogP) is 1.07. The summed E-state index contributed by atoms with van der Waals surface area (Å²) in [4.78, 5) is 0. The molecule has 0 amide bonds. The summed E-state index contributed by atoms with van der Waals surface area (Å²) >= 11 is 0. The second-order valence-corrected chi connectivity index (χ2v) is 3.72. The minimum Gasteiger partial charge on any atom is -0.371 e. The maximum Gasteiger partial charge on any atom is 0.332 e. The Bertz CT molecular complexity index is 122. The Hall–Kier alpha value is 0.270. The highest BCUT2D eigenvalue weighted by Gasteiger charge is 2.26. The lowest BCUT2D eigenvalue weighted by atomic mass is 10.5. The molecule has 2 aliphatic heterocycles. The minimum atomic E-state index is -1.04. The Balaban J connectivity index is 1.59. The molecule has 0 N–H and O–H groups in total. The first-order valence-corrected chi connectivity index (χ1v) is 4.85. The van der Waals surface area contributed by atoms with Crippen LogP contribution in [-0.2, 0) is 18.3 Å². The fourth-order valence-electron chi connectivity index (χ4n) is 0.757. The van der Waals surface area contributed by atoms with Crippen molar-refractivity contribution in [2.45, 2.75) is 12.5 Å². The van der Waals surface area contributed by atoms with Crippen LogP contribution >= 0.6 is 8.60 Å². The molecule has 0 aromatic carbocycles. The topological polar surface area (TPSA) is 40.2 Å². The van der Waals surface area contributed by atoms with Crippen LogP contribution in [0.15, 0.2) is 0 Å². The van der Waals surface area contributed by atoms with Gasteiger partial charge in [0.1, 0.15) is 6.10 Å². The van der Waals surface area contributed by atoms with Crippen molar-refractivity contribution in [3.8, 4) is 0 Å². The molecule has 2 heterocycles. The van der Waals surface area contributed by atoms with Gasteiger partial charge >= 0.3 is 8.60 Å². The maximum absolute atomic E-state index is 5.30. The third-order valence-electron chi connectivity index (χ3n) is 1.45. The van der Waals surface area contributed by atoms with Crippen LogP contribution in [0.3, 0.4) is 0 Å². The van der Waals surface area contributed by atoms with Gasteiger partial charge in [-0.2, -0.15) is 0 Å². The molecule has 64 valence electrons. The molecule has 2 fully saturated rings. The van der Waals surface area contributed by atoms with Gasteiger partial charge in [0.15, 0.2) is 0 Å². The Morgan fingerprint density at radius 1 is 1.36 bits per heavy atom. The second-order valence-electron chi connectivity index (χ2n) is 2.49. The molecule has 2 saturated heterocycles. The van der Waals surface area contributed by atoms with Crippen molar-refractivity contribution in [1.82, 2.24) is 0 Å². The van der Waals surface area contributed by atoms with E-state index >= 15 is 0 Å². The zero-order valence-electron chi connectivity index (χ0n) is 6.19. The Morgan fingerprint density at radius 3 is 2.73 bits per heavy atom. The molecule has 0 radical (unpaired) electrons. The summed E-state index contributed by atoms with van der Waals surface area (Å²) in [6, 6.07) is 0. The zero-order chi connectivity index (χ0) is 7.52. The van der Waals surface area contributed by atoms with Gasteiger partial charge in [-0.3, -0.25) is 0 Å². The van der Waals surface area contributed by atoms with Crippen LogP contribution < -0.4 is 0 Å². The molecule has 0 spiro atoms. The second kappa shape index (κ2) is 3.78. The summed E-state index contributed by atoms with van der Waals surface area (Å²) in [6.45, 7) is 2.96. The molecule has 0 aromatic rings. The molecule has 1 unspecified atom stereocenters. The van der Waals surface area contributed by atoms with Crippen LogP contribution in [0.1, 0.15) is 6.42 Å². The standard InChI is InChI=1S/C6H11O4P/c1-2-8-11(9-3-1)10-5-6-4-7-6/h6H,1-5H2. The monoisotopic (exact) mass is 178 g/mol. The summed E-state index contributed by atoms with van der Waals surface area (Å²) in [5.41, 5.74) is 0. The first-order chi connectivity index (χ1) is 5.45. The Morgan fingerprint density at radius 2 is 2.09 bits per heavy atom. The van der Waals surface area contributed by atoms with Crippen molar-refractivity contribution < 1.29 is 18.3 Å². The van der Waals surface area contributed by atoms with Crippen LogP contribution in [-0.4, -0.2) is 32.5 Å². The van der Waals surface area contributed by atoms with Crippen LogP contribution in [0.25, 0.3) is 0 Å². The largest absolute Gasteiger partial charge is 0.371 e. The van der Waals surface area contributed by atoms with Gasteiger partial charge in [0.2, 0.25) is 0 Å². The van der Waals surface area contributed by atoms with Gasteiger partial charge in [0.25, 0.3) is 0 Å². The van der Waals surface area contributed by atoms with Gasteiger partial charge in [-0.1, -0.05) is 0 Å². The van der Waals surface area contributed by atoms with Crippen molar-refractivity contribution >= 4 is 8.60 Å². The summed E-state index contributed by atoms with van der Waals surface area (Å²) in [7, 11) is -1.04. The lowest BCUT2D eigenvalue weighted by Gasteiger charge is -2.20. The fraction of sp³-hybridized carbons (Fsp3) is 1.00. The molecule has 0 aromatic heterocycles. The van der Waals surface area contributed by atoms with E-state index in [0.717, 1.165) is 26.2 Å². The molecule has 5 heteroatoms. The molecule has 4 nitrogen and oxygen atoms in total. The SMILES string of the molecule is C1COP(OCC2CO2)OC1.